The summed E-state index contributed by atoms with van der Waals surface area (Å²) in [4.78, 5) is 15.5. The second kappa shape index (κ2) is 2.45. The molecule has 0 radical (unpaired) electrons. The normalized spacial score (nSPS) is 18.2. The first kappa shape index (κ1) is 8.51. The number of ketones is 1. The van der Waals surface area contributed by atoms with Crippen LogP contribution in [-0.4, -0.2) is 16.4 Å². The van der Waals surface area contributed by atoms with Crippen molar-refractivity contribution in [2.45, 2.75) is 19.4 Å². The van der Waals surface area contributed by atoms with Crippen LogP contribution in [0.4, 0.5) is 0 Å². The minimum Gasteiger partial charge on any atom is -0.479 e. The van der Waals surface area contributed by atoms with Crippen molar-refractivity contribution in [2.24, 2.45) is 0 Å². The standard InChI is InChI=1S/C9H8ClNO2/c1-9(2)8(12)5-4-11-7(10)3-6(5)13-9/h3-4H,1-2H3. The quantitative estimate of drug-likeness (QED) is 0.598. The molecule has 2 rings (SSSR count). The Bertz CT molecular complexity index is 387. The Kier molecular flexibility index (Phi) is 1.60. The molecule has 13 heavy (non-hydrogen) atoms. The number of aromatic nitrogens is 1. The number of halogens is 1. The van der Waals surface area contributed by atoms with Crippen LogP contribution in [0.5, 0.6) is 5.75 Å². The molecular formula is C9H8ClNO2. The highest BCUT2D eigenvalue weighted by Gasteiger charge is 2.39. The molecule has 1 aliphatic rings. The van der Waals surface area contributed by atoms with Crippen molar-refractivity contribution in [2.75, 3.05) is 0 Å². The third kappa shape index (κ3) is 1.20. The highest BCUT2D eigenvalue weighted by Crippen LogP contribution is 2.35. The third-order valence-corrected chi connectivity index (χ3v) is 2.20. The fraction of sp³-hybridized carbons (Fsp3) is 0.333. The molecular weight excluding hydrogens is 190 g/mol. The zero-order valence-electron chi connectivity index (χ0n) is 7.30. The van der Waals surface area contributed by atoms with Crippen LogP contribution in [0.3, 0.4) is 0 Å². The summed E-state index contributed by atoms with van der Waals surface area (Å²) in [6.07, 6.45) is 1.45. The first-order valence-corrected chi connectivity index (χ1v) is 4.28. The maximum atomic E-state index is 11.6. The number of carbonyl (C=O) groups excluding carboxylic acids is 1. The number of fused-ring (bicyclic) bond motifs is 1. The van der Waals surface area contributed by atoms with Crippen LogP contribution in [0, 0.1) is 0 Å². The molecule has 1 aromatic rings. The Labute approximate surface area is 80.7 Å². The molecule has 3 nitrogen and oxygen atoms in total. The predicted molar refractivity (Wildman–Crippen MR) is 48.3 cm³/mol. The van der Waals surface area contributed by atoms with E-state index in [1.165, 1.54) is 6.20 Å². The minimum absolute atomic E-state index is 0.0494. The first-order chi connectivity index (χ1) is 6.00. The van der Waals surface area contributed by atoms with Crippen molar-refractivity contribution >= 4 is 17.4 Å². The summed E-state index contributed by atoms with van der Waals surface area (Å²) in [7, 11) is 0. The average molecular weight is 198 g/mol. The second-order valence-electron chi connectivity index (χ2n) is 3.44. The lowest BCUT2D eigenvalue weighted by Gasteiger charge is -2.14. The predicted octanol–water partition coefficient (Wildman–Crippen LogP) is 2.09. The molecule has 0 amide bonds. The summed E-state index contributed by atoms with van der Waals surface area (Å²) in [6, 6.07) is 1.56. The molecule has 2 heterocycles. The number of pyridine rings is 1. The number of hydrogen-bond acceptors (Lipinski definition) is 3. The molecule has 1 aliphatic heterocycles. The van der Waals surface area contributed by atoms with Crippen molar-refractivity contribution in [1.82, 2.24) is 4.98 Å². The molecule has 0 bridgehead atoms. The molecule has 0 fully saturated rings. The van der Waals surface area contributed by atoms with Gasteiger partial charge >= 0.3 is 0 Å². The van der Waals surface area contributed by atoms with E-state index in [1.807, 2.05) is 0 Å². The number of ether oxygens (including phenoxy) is 1. The van der Waals surface area contributed by atoms with Gasteiger partial charge in [0.25, 0.3) is 0 Å². The van der Waals surface area contributed by atoms with Gasteiger partial charge in [-0.05, 0) is 13.8 Å². The van der Waals surface area contributed by atoms with Gasteiger partial charge in [-0.15, -0.1) is 0 Å². The van der Waals surface area contributed by atoms with Gasteiger partial charge in [0.05, 0.1) is 5.56 Å². The van der Waals surface area contributed by atoms with Gasteiger partial charge < -0.3 is 4.74 Å². The Morgan fingerprint density at radius 2 is 2.23 bits per heavy atom. The minimum atomic E-state index is -0.783. The number of Topliss-reactive ketones (excluding diaryl/α,β-unsaturated/α-hetero) is 1. The Morgan fingerprint density at radius 1 is 1.54 bits per heavy atom. The zero-order valence-corrected chi connectivity index (χ0v) is 8.05. The highest BCUT2D eigenvalue weighted by atomic mass is 35.5. The van der Waals surface area contributed by atoms with E-state index in [-0.39, 0.29) is 5.78 Å². The first-order valence-electron chi connectivity index (χ1n) is 3.90. The molecule has 0 atom stereocenters. The second-order valence-corrected chi connectivity index (χ2v) is 3.83. The van der Waals surface area contributed by atoms with Gasteiger partial charge in [0.1, 0.15) is 10.9 Å². The average Bonchev–Trinajstić information content (AvgIpc) is 2.22. The van der Waals surface area contributed by atoms with Crippen LogP contribution < -0.4 is 4.74 Å². The molecule has 1 aromatic heterocycles. The monoisotopic (exact) mass is 197 g/mol. The van der Waals surface area contributed by atoms with E-state index in [0.717, 1.165) is 0 Å². The van der Waals surface area contributed by atoms with Gasteiger partial charge in [0, 0.05) is 12.3 Å². The lowest BCUT2D eigenvalue weighted by atomic mass is 10.0. The summed E-state index contributed by atoms with van der Waals surface area (Å²) < 4.78 is 5.41. The summed E-state index contributed by atoms with van der Waals surface area (Å²) >= 11 is 5.66. The fourth-order valence-corrected chi connectivity index (χ4v) is 1.46. The van der Waals surface area contributed by atoms with Gasteiger partial charge in [-0.3, -0.25) is 4.79 Å². The summed E-state index contributed by atoms with van der Waals surface area (Å²) in [5, 5.41) is 0.337. The van der Waals surface area contributed by atoms with E-state index in [4.69, 9.17) is 16.3 Å². The van der Waals surface area contributed by atoms with E-state index >= 15 is 0 Å². The van der Waals surface area contributed by atoms with Gasteiger partial charge in [-0.2, -0.15) is 0 Å². The van der Waals surface area contributed by atoms with Gasteiger partial charge in [-0.1, -0.05) is 11.6 Å². The number of rotatable bonds is 0. The summed E-state index contributed by atoms with van der Waals surface area (Å²) in [6.45, 7) is 3.45. The summed E-state index contributed by atoms with van der Waals surface area (Å²) in [5.74, 6) is 0.474. The van der Waals surface area contributed by atoms with Gasteiger partial charge in [0.15, 0.2) is 5.60 Å². The molecule has 4 heteroatoms. The van der Waals surface area contributed by atoms with E-state index in [1.54, 1.807) is 19.9 Å². The van der Waals surface area contributed by atoms with E-state index in [0.29, 0.717) is 16.5 Å². The van der Waals surface area contributed by atoms with E-state index in [2.05, 4.69) is 4.98 Å². The zero-order chi connectivity index (χ0) is 9.64. The van der Waals surface area contributed by atoms with Crippen LogP contribution in [0.25, 0.3) is 0 Å². The number of carbonyl (C=O) groups is 1. The van der Waals surface area contributed by atoms with E-state index in [9.17, 15) is 4.79 Å². The summed E-state index contributed by atoms with van der Waals surface area (Å²) in [5.41, 5.74) is -0.274. The molecule has 0 saturated heterocycles. The topological polar surface area (TPSA) is 39.2 Å². The van der Waals surface area contributed by atoms with Crippen LogP contribution in [-0.2, 0) is 0 Å². The fourth-order valence-electron chi connectivity index (χ4n) is 1.31. The molecule has 0 aromatic carbocycles. The molecule has 0 N–H and O–H groups in total. The smallest absolute Gasteiger partial charge is 0.211 e. The Morgan fingerprint density at radius 3 is 2.92 bits per heavy atom. The Balaban J connectivity index is 2.57. The van der Waals surface area contributed by atoms with Crippen molar-refractivity contribution < 1.29 is 9.53 Å². The lowest BCUT2D eigenvalue weighted by molar-refractivity contribution is 0.0684. The molecule has 68 valence electrons. The van der Waals surface area contributed by atoms with Crippen LogP contribution in [0.2, 0.25) is 5.15 Å². The lowest BCUT2D eigenvalue weighted by Crippen LogP contribution is -2.31. The SMILES string of the molecule is CC1(C)Oc2cc(Cl)ncc2C1=O. The largest absolute Gasteiger partial charge is 0.479 e. The van der Waals surface area contributed by atoms with Crippen LogP contribution in [0.1, 0.15) is 24.2 Å². The van der Waals surface area contributed by atoms with Crippen molar-refractivity contribution in [3.05, 3.63) is 23.0 Å². The van der Waals surface area contributed by atoms with Gasteiger partial charge in [-0.25, -0.2) is 4.98 Å². The van der Waals surface area contributed by atoms with Crippen LogP contribution in [0.15, 0.2) is 12.3 Å². The maximum absolute atomic E-state index is 11.6. The van der Waals surface area contributed by atoms with E-state index < -0.39 is 5.60 Å². The van der Waals surface area contributed by atoms with Crippen molar-refractivity contribution in [3.63, 3.8) is 0 Å². The van der Waals surface area contributed by atoms with Crippen LogP contribution >= 0.6 is 11.6 Å². The molecule has 0 spiro atoms. The molecule has 0 aliphatic carbocycles. The molecule has 0 saturated carbocycles. The number of nitrogens with zero attached hydrogens (tertiary/aromatic N) is 1. The highest BCUT2D eigenvalue weighted by molar-refractivity contribution is 6.29. The Hall–Kier alpha value is -1.09. The third-order valence-electron chi connectivity index (χ3n) is 1.99. The number of hydrogen-bond donors (Lipinski definition) is 0. The van der Waals surface area contributed by atoms with Crippen molar-refractivity contribution in [3.8, 4) is 5.75 Å². The van der Waals surface area contributed by atoms with Crippen molar-refractivity contribution in [1.29, 1.82) is 0 Å². The van der Waals surface area contributed by atoms with Gasteiger partial charge in [0.2, 0.25) is 5.78 Å². The molecule has 0 unspecified atom stereocenters. The maximum Gasteiger partial charge on any atom is 0.211 e.